The molecule has 2 aliphatic rings. The molecule has 3 atom stereocenters. The van der Waals surface area contributed by atoms with Gasteiger partial charge in [-0.05, 0) is 43.1 Å². The molecule has 2 rings (SSSR count). The largest absolute Gasteiger partial charge is 0.247 e. The zero-order valence-electron chi connectivity index (χ0n) is 8.27. The molecular formula is C10H16FN3. The monoisotopic (exact) mass is 197 g/mol. The summed E-state index contributed by atoms with van der Waals surface area (Å²) in [6.45, 7) is 0. The van der Waals surface area contributed by atoms with Gasteiger partial charge < -0.3 is 0 Å². The van der Waals surface area contributed by atoms with Crippen molar-refractivity contribution < 1.29 is 4.39 Å². The van der Waals surface area contributed by atoms with Gasteiger partial charge in [-0.2, -0.15) is 0 Å². The Bertz CT molecular complexity index is 246. The molecular weight excluding hydrogens is 181 g/mol. The first kappa shape index (κ1) is 9.78. The summed E-state index contributed by atoms with van der Waals surface area (Å²) in [6, 6.07) is -0.0599. The van der Waals surface area contributed by atoms with Crippen LogP contribution in [0, 0.1) is 11.8 Å². The third-order valence-corrected chi connectivity index (χ3v) is 3.46. The van der Waals surface area contributed by atoms with Crippen LogP contribution in [0.4, 0.5) is 4.39 Å². The van der Waals surface area contributed by atoms with Crippen LogP contribution in [0.2, 0.25) is 0 Å². The first-order chi connectivity index (χ1) is 6.83. The molecule has 78 valence electrons. The van der Waals surface area contributed by atoms with Crippen LogP contribution in [0.1, 0.15) is 38.5 Å². The predicted octanol–water partition coefficient (Wildman–Crippen LogP) is 3.60. The van der Waals surface area contributed by atoms with E-state index in [9.17, 15) is 4.39 Å². The highest BCUT2D eigenvalue weighted by atomic mass is 19.1. The van der Waals surface area contributed by atoms with E-state index in [1.54, 1.807) is 0 Å². The summed E-state index contributed by atoms with van der Waals surface area (Å²) >= 11 is 0. The summed E-state index contributed by atoms with van der Waals surface area (Å²) in [7, 11) is 0. The topological polar surface area (TPSA) is 48.8 Å². The summed E-state index contributed by atoms with van der Waals surface area (Å²) in [5, 5.41) is 3.80. The number of hydrogen-bond acceptors (Lipinski definition) is 1. The van der Waals surface area contributed by atoms with Gasteiger partial charge >= 0.3 is 0 Å². The van der Waals surface area contributed by atoms with Gasteiger partial charge in [-0.1, -0.05) is 18.0 Å². The molecule has 14 heavy (non-hydrogen) atoms. The van der Waals surface area contributed by atoms with Crippen molar-refractivity contribution in [1.29, 1.82) is 0 Å². The van der Waals surface area contributed by atoms with E-state index in [1.165, 1.54) is 0 Å². The fourth-order valence-electron chi connectivity index (χ4n) is 2.53. The fourth-order valence-corrected chi connectivity index (χ4v) is 2.53. The zero-order valence-corrected chi connectivity index (χ0v) is 8.27. The minimum absolute atomic E-state index is 0.00662. The Morgan fingerprint density at radius 2 is 1.93 bits per heavy atom. The second kappa shape index (κ2) is 4.18. The molecule has 0 aromatic rings. The lowest BCUT2D eigenvalue weighted by atomic mass is 9.81. The summed E-state index contributed by atoms with van der Waals surface area (Å²) in [5.74, 6) is 0.486. The second-order valence-electron chi connectivity index (χ2n) is 4.50. The van der Waals surface area contributed by atoms with E-state index < -0.39 is 6.17 Å². The van der Waals surface area contributed by atoms with Crippen LogP contribution < -0.4 is 0 Å². The van der Waals surface area contributed by atoms with Gasteiger partial charge in [-0.3, -0.25) is 0 Å². The van der Waals surface area contributed by atoms with Crippen molar-refractivity contribution in [3.8, 4) is 0 Å². The molecule has 2 saturated carbocycles. The minimum Gasteiger partial charge on any atom is -0.247 e. The molecule has 2 aliphatic carbocycles. The molecule has 3 unspecified atom stereocenters. The van der Waals surface area contributed by atoms with Crippen LogP contribution in [0.15, 0.2) is 5.11 Å². The van der Waals surface area contributed by atoms with Crippen molar-refractivity contribution >= 4 is 0 Å². The Hall–Kier alpha value is -0.760. The SMILES string of the molecule is [N-]=[N+]=NC(C1CC1)C1CCCCC1F. The van der Waals surface area contributed by atoms with Crippen molar-refractivity contribution in [3.63, 3.8) is 0 Å². The second-order valence-corrected chi connectivity index (χ2v) is 4.50. The molecule has 0 aromatic carbocycles. The van der Waals surface area contributed by atoms with Crippen molar-refractivity contribution in [1.82, 2.24) is 0 Å². The van der Waals surface area contributed by atoms with Gasteiger partial charge in [0.25, 0.3) is 0 Å². The van der Waals surface area contributed by atoms with Gasteiger partial charge in [0.2, 0.25) is 0 Å². The first-order valence-corrected chi connectivity index (χ1v) is 5.51. The number of alkyl halides is 1. The molecule has 0 heterocycles. The maximum absolute atomic E-state index is 13.6. The Morgan fingerprint density at radius 3 is 2.50 bits per heavy atom. The summed E-state index contributed by atoms with van der Waals surface area (Å²) in [6.07, 6.45) is 5.15. The van der Waals surface area contributed by atoms with Crippen molar-refractivity contribution in [2.24, 2.45) is 17.0 Å². The Labute approximate surface area is 83.3 Å². The van der Waals surface area contributed by atoms with E-state index in [0.29, 0.717) is 12.3 Å². The van der Waals surface area contributed by atoms with E-state index in [4.69, 9.17) is 5.53 Å². The molecule has 0 spiro atoms. The van der Waals surface area contributed by atoms with Crippen LogP contribution in [0.25, 0.3) is 10.4 Å². The number of hydrogen-bond donors (Lipinski definition) is 0. The summed E-state index contributed by atoms with van der Waals surface area (Å²) in [4.78, 5) is 2.87. The molecule has 0 N–H and O–H groups in total. The Kier molecular flexibility index (Phi) is 2.92. The predicted molar refractivity (Wildman–Crippen MR) is 52.5 cm³/mol. The average Bonchev–Trinajstić information content (AvgIpc) is 2.99. The Balaban J connectivity index is 2.03. The van der Waals surface area contributed by atoms with Gasteiger partial charge in [0.1, 0.15) is 6.17 Å². The van der Waals surface area contributed by atoms with Gasteiger partial charge in [-0.25, -0.2) is 4.39 Å². The summed E-state index contributed by atoms with van der Waals surface area (Å²) < 4.78 is 13.6. The van der Waals surface area contributed by atoms with Gasteiger partial charge in [0, 0.05) is 11.0 Å². The minimum atomic E-state index is -0.736. The third kappa shape index (κ3) is 2.01. The lowest BCUT2D eigenvalue weighted by Gasteiger charge is -2.30. The molecule has 0 bridgehead atoms. The molecule has 0 aromatic heterocycles. The average molecular weight is 197 g/mol. The van der Waals surface area contributed by atoms with E-state index in [2.05, 4.69) is 10.0 Å². The molecule has 0 aliphatic heterocycles. The van der Waals surface area contributed by atoms with E-state index in [1.807, 2.05) is 0 Å². The van der Waals surface area contributed by atoms with Crippen LogP contribution in [0.3, 0.4) is 0 Å². The van der Waals surface area contributed by atoms with Gasteiger partial charge in [0.15, 0.2) is 0 Å². The van der Waals surface area contributed by atoms with E-state index >= 15 is 0 Å². The van der Waals surface area contributed by atoms with Crippen molar-refractivity contribution in [3.05, 3.63) is 10.4 Å². The van der Waals surface area contributed by atoms with Crippen molar-refractivity contribution in [2.75, 3.05) is 0 Å². The maximum atomic E-state index is 13.6. The molecule has 0 amide bonds. The van der Waals surface area contributed by atoms with E-state index in [-0.39, 0.29) is 12.0 Å². The zero-order chi connectivity index (χ0) is 9.97. The van der Waals surface area contributed by atoms with Crippen molar-refractivity contribution in [2.45, 2.75) is 50.7 Å². The van der Waals surface area contributed by atoms with Crippen LogP contribution in [0.5, 0.6) is 0 Å². The quantitative estimate of drug-likeness (QED) is 0.377. The number of rotatable bonds is 3. The first-order valence-electron chi connectivity index (χ1n) is 5.51. The molecule has 4 heteroatoms. The lowest BCUT2D eigenvalue weighted by molar-refractivity contribution is 0.135. The smallest absolute Gasteiger partial charge is 0.103 e. The molecule has 3 nitrogen and oxygen atoms in total. The highest BCUT2D eigenvalue weighted by Gasteiger charge is 2.40. The van der Waals surface area contributed by atoms with Gasteiger partial charge in [0.05, 0.1) is 0 Å². The molecule has 0 radical (unpaired) electrons. The van der Waals surface area contributed by atoms with E-state index in [0.717, 1.165) is 32.1 Å². The van der Waals surface area contributed by atoms with Crippen LogP contribution in [-0.2, 0) is 0 Å². The van der Waals surface area contributed by atoms with Gasteiger partial charge in [-0.15, -0.1) is 0 Å². The lowest BCUT2D eigenvalue weighted by Crippen LogP contribution is -2.32. The summed E-state index contributed by atoms with van der Waals surface area (Å²) in [5.41, 5.74) is 8.47. The maximum Gasteiger partial charge on any atom is 0.103 e. The number of azide groups is 1. The van der Waals surface area contributed by atoms with Crippen LogP contribution >= 0.6 is 0 Å². The normalized spacial score (nSPS) is 34.6. The molecule has 2 fully saturated rings. The highest BCUT2D eigenvalue weighted by molar-refractivity contribution is 4.94. The standard InChI is InChI=1S/C10H16FN3/c11-9-4-2-1-3-8(9)10(13-14-12)7-5-6-7/h7-10H,1-6H2. The Morgan fingerprint density at radius 1 is 1.21 bits per heavy atom. The number of halogens is 1. The fraction of sp³-hybridized carbons (Fsp3) is 1.00. The number of nitrogens with zero attached hydrogens (tertiary/aromatic N) is 3. The van der Waals surface area contributed by atoms with Crippen LogP contribution in [-0.4, -0.2) is 12.2 Å². The third-order valence-electron chi connectivity index (χ3n) is 3.46. The highest BCUT2D eigenvalue weighted by Crippen LogP contribution is 2.43. The molecule has 0 saturated heterocycles.